The number of rotatable bonds is 1. The zero-order chi connectivity index (χ0) is 16.9. The van der Waals surface area contributed by atoms with Crippen LogP contribution in [0.1, 0.15) is 5.69 Å². The fourth-order valence-electron chi connectivity index (χ4n) is 2.22. The summed E-state index contributed by atoms with van der Waals surface area (Å²) < 4.78 is 39.4. The predicted octanol–water partition coefficient (Wildman–Crippen LogP) is 1.88. The molecule has 0 aliphatic rings. The lowest BCUT2D eigenvalue weighted by Gasteiger charge is -2.14. The van der Waals surface area contributed by atoms with Crippen LogP contribution in [0.2, 0.25) is 5.02 Å². The van der Waals surface area contributed by atoms with E-state index in [0.717, 1.165) is 11.8 Å². The first-order valence-corrected chi connectivity index (χ1v) is 6.63. The number of hydrogen-bond donors (Lipinski definition) is 0. The molecule has 0 fully saturated rings. The molecule has 0 aliphatic heterocycles. The lowest BCUT2D eigenvalue weighted by Crippen LogP contribution is -2.45. The standard InChI is InChI=1S/C13H8ClF3N4O2/c1-19-10(13(15,16)17)5-11(22)20(12(19)23)21-9-4-2-3-8(14)7(9)6-18-21/h2-6H,1H3. The summed E-state index contributed by atoms with van der Waals surface area (Å²) in [4.78, 5) is 25.2. The molecular weight excluding hydrogens is 337 g/mol. The summed E-state index contributed by atoms with van der Waals surface area (Å²) in [5, 5.41) is 4.68. The molecule has 23 heavy (non-hydrogen) atoms. The molecule has 0 aliphatic carbocycles. The number of halogens is 4. The number of alkyl halides is 3. The molecule has 0 N–H and O–H groups in total. The second kappa shape index (κ2) is 4.98. The Morgan fingerprint density at radius 1 is 1.22 bits per heavy atom. The van der Waals surface area contributed by atoms with Crippen LogP contribution in [-0.2, 0) is 13.2 Å². The largest absolute Gasteiger partial charge is 0.431 e. The Morgan fingerprint density at radius 3 is 2.57 bits per heavy atom. The van der Waals surface area contributed by atoms with Crippen molar-refractivity contribution in [2.24, 2.45) is 7.05 Å². The predicted molar refractivity (Wildman–Crippen MR) is 76.5 cm³/mol. The molecule has 0 unspecified atom stereocenters. The topological polar surface area (TPSA) is 61.8 Å². The van der Waals surface area contributed by atoms with Crippen LogP contribution in [0.5, 0.6) is 0 Å². The Balaban J connectivity index is 2.37. The van der Waals surface area contributed by atoms with Gasteiger partial charge >= 0.3 is 11.9 Å². The molecule has 0 atom stereocenters. The van der Waals surface area contributed by atoms with Gasteiger partial charge in [0.25, 0.3) is 5.56 Å². The van der Waals surface area contributed by atoms with Crippen molar-refractivity contribution >= 4 is 22.5 Å². The molecule has 6 nitrogen and oxygen atoms in total. The molecule has 0 radical (unpaired) electrons. The van der Waals surface area contributed by atoms with E-state index < -0.39 is 23.1 Å². The summed E-state index contributed by atoms with van der Waals surface area (Å²) in [7, 11) is 0.930. The van der Waals surface area contributed by atoms with E-state index in [0.29, 0.717) is 31.2 Å². The third-order valence-corrected chi connectivity index (χ3v) is 3.65. The Bertz CT molecular complexity index is 1030. The Hall–Kier alpha value is -2.55. The number of hydrogen-bond acceptors (Lipinski definition) is 3. The molecule has 2 aromatic heterocycles. The van der Waals surface area contributed by atoms with Gasteiger partial charge in [-0.3, -0.25) is 9.36 Å². The highest BCUT2D eigenvalue weighted by Gasteiger charge is 2.35. The Labute approximate surface area is 130 Å². The van der Waals surface area contributed by atoms with Crippen LogP contribution in [-0.4, -0.2) is 19.1 Å². The summed E-state index contributed by atoms with van der Waals surface area (Å²) in [5.41, 5.74) is -3.34. The van der Waals surface area contributed by atoms with E-state index in [1.165, 1.54) is 12.3 Å². The summed E-state index contributed by atoms with van der Waals surface area (Å²) in [5.74, 6) is 0. The van der Waals surface area contributed by atoms with Crippen molar-refractivity contribution in [1.29, 1.82) is 0 Å². The molecule has 0 spiro atoms. The van der Waals surface area contributed by atoms with Gasteiger partial charge in [0.15, 0.2) is 0 Å². The van der Waals surface area contributed by atoms with Crippen LogP contribution >= 0.6 is 11.6 Å². The molecule has 3 rings (SSSR count). The maximum absolute atomic E-state index is 12.8. The number of aromatic nitrogens is 4. The summed E-state index contributed by atoms with van der Waals surface area (Å²) in [6.07, 6.45) is -3.50. The van der Waals surface area contributed by atoms with Gasteiger partial charge < -0.3 is 0 Å². The van der Waals surface area contributed by atoms with Gasteiger partial charge in [0.05, 0.1) is 16.7 Å². The van der Waals surface area contributed by atoms with E-state index in [4.69, 9.17) is 11.6 Å². The number of fused-ring (bicyclic) bond motifs is 1. The van der Waals surface area contributed by atoms with E-state index in [2.05, 4.69) is 5.10 Å². The molecule has 120 valence electrons. The van der Waals surface area contributed by atoms with E-state index in [-0.39, 0.29) is 0 Å². The van der Waals surface area contributed by atoms with Crippen LogP contribution in [0.4, 0.5) is 13.2 Å². The van der Waals surface area contributed by atoms with Gasteiger partial charge in [-0.2, -0.15) is 23.1 Å². The second-order valence-electron chi connectivity index (χ2n) is 4.73. The molecule has 0 saturated heterocycles. The summed E-state index contributed by atoms with van der Waals surface area (Å²) in [6.45, 7) is 0. The highest BCUT2D eigenvalue weighted by Crippen LogP contribution is 2.27. The average molecular weight is 345 g/mol. The van der Waals surface area contributed by atoms with Gasteiger partial charge in [0.2, 0.25) is 0 Å². The SMILES string of the molecule is Cn1c(C(F)(F)F)cc(=O)n(-n2ncc3c(Cl)cccc32)c1=O. The van der Waals surface area contributed by atoms with Crippen molar-refractivity contribution in [3.05, 3.63) is 62.0 Å². The molecular formula is C13H8ClF3N4O2. The first-order chi connectivity index (χ1) is 10.7. The third-order valence-electron chi connectivity index (χ3n) is 3.32. The van der Waals surface area contributed by atoms with Crippen molar-refractivity contribution < 1.29 is 13.2 Å². The smallest absolute Gasteiger partial charge is 0.291 e. The van der Waals surface area contributed by atoms with Gasteiger partial charge in [-0.25, -0.2) is 4.79 Å². The Kier molecular flexibility index (Phi) is 3.33. The monoisotopic (exact) mass is 344 g/mol. The van der Waals surface area contributed by atoms with Gasteiger partial charge in [-0.1, -0.05) is 17.7 Å². The molecule has 2 heterocycles. The van der Waals surface area contributed by atoms with Crippen LogP contribution in [0.3, 0.4) is 0 Å². The van der Waals surface area contributed by atoms with E-state index >= 15 is 0 Å². The zero-order valence-corrected chi connectivity index (χ0v) is 12.3. The van der Waals surface area contributed by atoms with Crippen LogP contribution < -0.4 is 11.2 Å². The van der Waals surface area contributed by atoms with E-state index in [1.54, 1.807) is 12.1 Å². The zero-order valence-electron chi connectivity index (χ0n) is 11.5. The Morgan fingerprint density at radius 2 is 1.91 bits per heavy atom. The highest BCUT2D eigenvalue weighted by atomic mass is 35.5. The minimum atomic E-state index is -4.82. The molecule has 3 aromatic rings. The fraction of sp³-hybridized carbons (Fsp3) is 0.154. The first kappa shape index (κ1) is 15.3. The highest BCUT2D eigenvalue weighted by molar-refractivity contribution is 6.35. The van der Waals surface area contributed by atoms with Crippen molar-refractivity contribution in [3.63, 3.8) is 0 Å². The minimum absolute atomic E-state index is 0.316. The lowest BCUT2D eigenvalue weighted by molar-refractivity contribution is -0.144. The first-order valence-electron chi connectivity index (χ1n) is 6.25. The fourth-order valence-corrected chi connectivity index (χ4v) is 2.44. The van der Waals surface area contributed by atoms with E-state index in [1.807, 2.05) is 0 Å². The normalized spacial score (nSPS) is 12.0. The van der Waals surface area contributed by atoms with Crippen LogP contribution in [0.25, 0.3) is 10.9 Å². The number of benzene rings is 1. The summed E-state index contributed by atoms with van der Waals surface area (Å²) >= 11 is 5.98. The van der Waals surface area contributed by atoms with Crippen LogP contribution in [0, 0.1) is 0 Å². The lowest BCUT2D eigenvalue weighted by atomic mass is 10.3. The molecule has 10 heteroatoms. The van der Waals surface area contributed by atoms with E-state index in [9.17, 15) is 22.8 Å². The van der Waals surface area contributed by atoms with Gasteiger partial charge in [0, 0.05) is 18.5 Å². The third kappa shape index (κ3) is 2.33. The quantitative estimate of drug-likeness (QED) is 0.677. The maximum atomic E-state index is 12.8. The van der Waals surface area contributed by atoms with Crippen molar-refractivity contribution in [2.75, 3.05) is 0 Å². The number of nitrogens with zero attached hydrogens (tertiary/aromatic N) is 4. The molecule has 0 amide bonds. The van der Waals surface area contributed by atoms with Gasteiger partial charge in [-0.15, -0.1) is 4.68 Å². The maximum Gasteiger partial charge on any atom is 0.431 e. The van der Waals surface area contributed by atoms with Gasteiger partial charge in [-0.05, 0) is 12.1 Å². The minimum Gasteiger partial charge on any atom is -0.291 e. The van der Waals surface area contributed by atoms with Gasteiger partial charge in [0.1, 0.15) is 5.69 Å². The van der Waals surface area contributed by atoms with Crippen molar-refractivity contribution in [2.45, 2.75) is 6.18 Å². The van der Waals surface area contributed by atoms with Crippen molar-refractivity contribution in [3.8, 4) is 0 Å². The average Bonchev–Trinajstić information content (AvgIpc) is 2.87. The van der Waals surface area contributed by atoms with Crippen LogP contribution in [0.15, 0.2) is 40.1 Å². The van der Waals surface area contributed by atoms with Crippen molar-refractivity contribution in [1.82, 2.24) is 19.1 Å². The molecule has 1 aromatic carbocycles. The molecule has 0 bridgehead atoms. The molecule has 0 saturated carbocycles. The summed E-state index contributed by atoms with van der Waals surface area (Å²) in [6, 6.07) is 5.04. The second-order valence-corrected chi connectivity index (χ2v) is 5.13.